The summed E-state index contributed by atoms with van der Waals surface area (Å²) in [6.45, 7) is 3.31. The van der Waals surface area contributed by atoms with E-state index in [4.69, 9.17) is 10.5 Å². The highest BCUT2D eigenvalue weighted by molar-refractivity contribution is 5.15. The van der Waals surface area contributed by atoms with Crippen molar-refractivity contribution in [1.29, 1.82) is 0 Å². The lowest BCUT2D eigenvalue weighted by Gasteiger charge is -2.27. The molecular formula is C13H20N2O. The van der Waals surface area contributed by atoms with Crippen molar-refractivity contribution in [2.24, 2.45) is 5.73 Å². The first-order valence-electron chi connectivity index (χ1n) is 5.99. The highest BCUT2D eigenvalue weighted by Gasteiger charge is 2.33. The molecule has 0 atom stereocenters. The third-order valence-electron chi connectivity index (χ3n) is 3.36. The van der Waals surface area contributed by atoms with Gasteiger partial charge < -0.3 is 10.5 Å². The van der Waals surface area contributed by atoms with E-state index in [1.807, 2.05) is 19.3 Å². The first-order chi connectivity index (χ1) is 7.74. The second kappa shape index (κ2) is 4.93. The molecule has 1 aliphatic rings. The van der Waals surface area contributed by atoms with Crippen molar-refractivity contribution in [2.45, 2.75) is 44.8 Å². The number of rotatable bonds is 4. The largest absolute Gasteiger partial charge is 0.369 e. The lowest BCUT2D eigenvalue weighted by Crippen LogP contribution is -2.37. The predicted molar refractivity (Wildman–Crippen MR) is 64.0 cm³/mol. The normalized spacial score (nSPS) is 18.9. The van der Waals surface area contributed by atoms with Crippen LogP contribution in [0.5, 0.6) is 0 Å². The molecular weight excluding hydrogens is 200 g/mol. The Bertz CT molecular complexity index is 346. The first kappa shape index (κ1) is 11.6. The maximum Gasteiger partial charge on any atom is 0.0808 e. The fourth-order valence-corrected chi connectivity index (χ4v) is 2.36. The predicted octanol–water partition coefficient (Wildman–Crippen LogP) is 2.18. The zero-order chi connectivity index (χ0) is 11.4. The average molecular weight is 220 g/mol. The molecule has 1 aromatic rings. The van der Waals surface area contributed by atoms with Crippen molar-refractivity contribution in [3.05, 3.63) is 29.6 Å². The Morgan fingerprint density at radius 2 is 2.12 bits per heavy atom. The summed E-state index contributed by atoms with van der Waals surface area (Å²) >= 11 is 0. The molecule has 0 unspecified atom stereocenters. The molecule has 0 aromatic carbocycles. The van der Waals surface area contributed by atoms with Crippen molar-refractivity contribution >= 4 is 0 Å². The van der Waals surface area contributed by atoms with Crippen LogP contribution in [0.1, 0.15) is 36.8 Å². The van der Waals surface area contributed by atoms with E-state index in [0.717, 1.165) is 18.4 Å². The van der Waals surface area contributed by atoms with E-state index in [1.165, 1.54) is 18.4 Å². The van der Waals surface area contributed by atoms with Crippen molar-refractivity contribution in [3.63, 3.8) is 0 Å². The van der Waals surface area contributed by atoms with Gasteiger partial charge in [0.1, 0.15) is 0 Å². The Labute approximate surface area is 97.0 Å². The van der Waals surface area contributed by atoms with E-state index in [-0.39, 0.29) is 5.60 Å². The van der Waals surface area contributed by atoms with Crippen LogP contribution in [0.2, 0.25) is 0 Å². The number of aryl methyl sites for hydroxylation is 1. The lowest BCUT2D eigenvalue weighted by atomic mass is 10.0. The van der Waals surface area contributed by atoms with Gasteiger partial charge in [0.05, 0.1) is 12.2 Å². The summed E-state index contributed by atoms with van der Waals surface area (Å²) in [6, 6.07) is 2.12. The molecule has 1 fully saturated rings. The standard InChI is InChI=1S/C13H20N2O/c1-11-6-12(8-15-7-11)9-16-13(10-14)4-2-3-5-13/h6-8H,2-5,9-10,14H2,1H3. The highest BCUT2D eigenvalue weighted by atomic mass is 16.5. The summed E-state index contributed by atoms with van der Waals surface area (Å²) < 4.78 is 6.02. The number of aromatic nitrogens is 1. The number of ether oxygens (including phenoxy) is 1. The van der Waals surface area contributed by atoms with Crippen molar-refractivity contribution in [2.75, 3.05) is 6.54 Å². The molecule has 1 aromatic heterocycles. The molecule has 3 nitrogen and oxygen atoms in total. The van der Waals surface area contributed by atoms with E-state index in [9.17, 15) is 0 Å². The maximum atomic E-state index is 6.02. The van der Waals surface area contributed by atoms with Crippen LogP contribution >= 0.6 is 0 Å². The van der Waals surface area contributed by atoms with Crippen LogP contribution in [-0.2, 0) is 11.3 Å². The van der Waals surface area contributed by atoms with E-state index < -0.39 is 0 Å². The third-order valence-corrected chi connectivity index (χ3v) is 3.36. The van der Waals surface area contributed by atoms with Gasteiger partial charge in [0, 0.05) is 18.9 Å². The molecule has 1 aliphatic carbocycles. The Balaban J connectivity index is 1.95. The molecule has 0 spiro atoms. The number of hydrogen-bond acceptors (Lipinski definition) is 3. The summed E-state index contributed by atoms with van der Waals surface area (Å²) in [5.41, 5.74) is 8.07. The molecule has 88 valence electrons. The number of pyridine rings is 1. The van der Waals surface area contributed by atoms with E-state index in [0.29, 0.717) is 13.2 Å². The fraction of sp³-hybridized carbons (Fsp3) is 0.615. The molecule has 16 heavy (non-hydrogen) atoms. The molecule has 1 heterocycles. The first-order valence-corrected chi connectivity index (χ1v) is 5.99. The molecule has 1 saturated carbocycles. The topological polar surface area (TPSA) is 48.1 Å². The van der Waals surface area contributed by atoms with E-state index in [1.54, 1.807) is 0 Å². The summed E-state index contributed by atoms with van der Waals surface area (Å²) in [5.74, 6) is 0. The Morgan fingerprint density at radius 1 is 1.38 bits per heavy atom. The maximum absolute atomic E-state index is 6.02. The van der Waals surface area contributed by atoms with Gasteiger partial charge in [-0.15, -0.1) is 0 Å². The van der Waals surface area contributed by atoms with Crippen LogP contribution in [0.15, 0.2) is 18.5 Å². The SMILES string of the molecule is Cc1cncc(COC2(CN)CCCC2)c1. The minimum Gasteiger partial charge on any atom is -0.369 e. The molecule has 0 bridgehead atoms. The summed E-state index contributed by atoms with van der Waals surface area (Å²) in [7, 11) is 0. The van der Waals surface area contributed by atoms with Gasteiger partial charge in [0.15, 0.2) is 0 Å². The lowest BCUT2D eigenvalue weighted by molar-refractivity contribution is -0.0449. The van der Waals surface area contributed by atoms with Crippen LogP contribution in [0.4, 0.5) is 0 Å². The molecule has 0 aliphatic heterocycles. The Kier molecular flexibility index (Phi) is 3.56. The van der Waals surface area contributed by atoms with Gasteiger partial charge in [-0.3, -0.25) is 4.98 Å². The monoisotopic (exact) mass is 220 g/mol. The molecule has 0 amide bonds. The van der Waals surface area contributed by atoms with Gasteiger partial charge in [-0.1, -0.05) is 18.9 Å². The number of nitrogens with zero attached hydrogens (tertiary/aromatic N) is 1. The summed E-state index contributed by atoms with van der Waals surface area (Å²) in [4.78, 5) is 4.17. The zero-order valence-electron chi connectivity index (χ0n) is 9.91. The molecule has 0 saturated heterocycles. The van der Waals surface area contributed by atoms with Gasteiger partial charge in [-0.05, 0) is 30.9 Å². The van der Waals surface area contributed by atoms with Crippen LogP contribution in [0.25, 0.3) is 0 Å². The molecule has 2 N–H and O–H groups in total. The van der Waals surface area contributed by atoms with Crippen molar-refractivity contribution in [1.82, 2.24) is 4.98 Å². The fourth-order valence-electron chi connectivity index (χ4n) is 2.36. The van der Waals surface area contributed by atoms with Crippen LogP contribution in [0.3, 0.4) is 0 Å². The quantitative estimate of drug-likeness (QED) is 0.846. The van der Waals surface area contributed by atoms with Gasteiger partial charge in [0.25, 0.3) is 0 Å². The summed E-state index contributed by atoms with van der Waals surface area (Å²) in [6.07, 6.45) is 8.40. The molecule has 0 radical (unpaired) electrons. The van der Waals surface area contributed by atoms with Crippen molar-refractivity contribution in [3.8, 4) is 0 Å². The zero-order valence-corrected chi connectivity index (χ0v) is 9.91. The van der Waals surface area contributed by atoms with Gasteiger partial charge in [0.2, 0.25) is 0 Å². The van der Waals surface area contributed by atoms with Crippen molar-refractivity contribution < 1.29 is 4.74 Å². The average Bonchev–Trinajstić information content (AvgIpc) is 2.76. The number of nitrogens with two attached hydrogens (primary N) is 1. The smallest absolute Gasteiger partial charge is 0.0808 e. The van der Waals surface area contributed by atoms with E-state index >= 15 is 0 Å². The summed E-state index contributed by atoms with van der Waals surface area (Å²) in [5, 5.41) is 0. The Morgan fingerprint density at radius 3 is 2.75 bits per heavy atom. The van der Waals surface area contributed by atoms with Gasteiger partial charge in [-0.25, -0.2) is 0 Å². The second-order valence-electron chi connectivity index (χ2n) is 4.75. The third kappa shape index (κ3) is 2.60. The minimum atomic E-state index is -0.0657. The number of hydrogen-bond donors (Lipinski definition) is 1. The Hall–Kier alpha value is -0.930. The molecule has 2 rings (SSSR count). The van der Waals surface area contributed by atoms with E-state index in [2.05, 4.69) is 11.1 Å². The highest BCUT2D eigenvalue weighted by Crippen LogP contribution is 2.32. The van der Waals surface area contributed by atoms with Crippen LogP contribution in [0, 0.1) is 6.92 Å². The minimum absolute atomic E-state index is 0.0657. The molecule has 3 heteroatoms. The second-order valence-corrected chi connectivity index (χ2v) is 4.75. The van der Waals surface area contributed by atoms with Crippen LogP contribution in [-0.4, -0.2) is 17.1 Å². The van der Waals surface area contributed by atoms with Gasteiger partial charge in [-0.2, -0.15) is 0 Å². The van der Waals surface area contributed by atoms with Gasteiger partial charge >= 0.3 is 0 Å². The van der Waals surface area contributed by atoms with Crippen LogP contribution < -0.4 is 5.73 Å².